The van der Waals surface area contributed by atoms with E-state index in [1.807, 2.05) is 75.5 Å². The van der Waals surface area contributed by atoms with E-state index < -0.39 is 0 Å². The number of hydrogen-bond donors (Lipinski definition) is 0. The molecule has 0 spiro atoms. The van der Waals surface area contributed by atoms with Crippen LogP contribution < -0.4 is 5.56 Å². The Morgan fingerprint density at radius 2 is 1.70 bits per heavy atom. The topological polar surface area (TPSA) is 72.0 Å². The van der Waals surface area contributed by atoms with Gasteiger partial charge in [0.1, 0.15) is 0 Å². The predicted molar refractivity (Wildman–Crippen MR) is 121 cm³/mol. The van der Waals surface area contributed by atoms with E-state index in [1.54, 1.807) is 15.6 Å². The summed E-state index contributed by atoms with van der Waals surface area (Å²) in [6.07, 6.45) is 1.62. The molecule has 152 valence electrons. The molecule has 8 heteroatoms. The molecule has 0 bridgehead atoms. The number of amidine groups is 1. The summed E-state index contributed by atoms with van der Waals surface area (Å²) in [4.78, 5) is 30.0. The Hall–Kier alpha value is -3.39. The summed E-state index contributed by atoms with van der Waals surface area (Å²) >= 11 is 1.27. The Bertz CT molecular complexity index is 1210. The molecule has 1 fully saturated rings. The highest BCUT2D eigenvalue weighted by Crippen LogP contribution is 2.25. The van der Waals surface area contributed by atoms with E-state index in [0.29, 0.717) is 16.5 Å². The zero-order valence-electron chi connectivity index (χ0n) is 16.9. The van der Waals surface area contributed by atoms with Crippen LogP contribution in [0, 0.1) is 13.8 Å². The number of aromatic nitrogens is 2. The third-order valence-electron chi connectivity index (χ3n) is 4.87. The first-order valence-electron chi connectivity index (χ1n) is 9.45. The Morgan fingerprint density at radius 3 is 2.40 bits per heavy atom. The SMILES string of the molecule is Cc1ccc(/C=N/N2C(=O)CSC2=Nc2c(C)n(C)n(-c3ccccc3)c2=O)cc1. The highest BCUT2D eigenvalue weighted by atomic mass is 32.2. The van der Waals surface area contributed by atoms with E-state index in [4.69, 9.17) is 0 Å². The maximum Gasteiger partial charge on any atom is 0.297 e. The Kier molecular flexibility index (Phi) is 5.41. The maximum atomic E-state index is 13.1. The van der Waals surface area contributed by atoms with Gasteiger partial charge in [0.25, 0.3) is 11.5 Å². The summed E-state index contributed by atoms with van der Waals surface area (Å²) < 4.78 is 3.33. The number of thioether (sulfide) groups is 1. The normalized spacial score (nSPS) is 15.6. The number of hydrazone groups is 1. The van der Waals surface area contributed by atoms with Gasteiger partial charge >= 0.3 is 0 Å². The average Bonchev–Trinajstić information content (AvgIpc) is 3.20. The molecule has 0 N–H and O–H groups in total. The third kappa shape index (κ3) is 3.73. The highest BCUT2D eigenvalue weighted by Gasteiger charge is 2.29. The minimum Gasteiger partial charge on any atom is -0.283 e. The van der Waals surface area contributed by atoms with Crippen LogP contribution >= 0.6 is 11.8 Å². The van der Waals surface area contributed by atoms with E-state index in [1.165, 1.54) is 16.8 Å². The third-order valence-corrected chi connectivity index (χ3v) is 5.79. The summed E-state index contributed by atoms with van der Waals surface area (Å²) in [7, 11) is 1.81. The van der Waals surface area contributed by atoms with Crippen molar-refractivity contribution in [1.82, 2.24) is 14.4 Å². The van der Waals surface area contributed by atoms with Crippen molar-refractivity contribution in [2.24, 2.45) is 17.1 Å². The zero-order valence-corrected chi connectivity index (χ0v) is 17.8. The predicted octanol–water partition coefficient (Wildman–Crippen LogP) is 3.39. The molecule has 7 nitrogen and oxygen atoms in total. The van der Waals surface area contributed by atoms with Gasteiger partial charge in [0, 0.05) is 7.05 Å². The van der Waals surface area contributed by atoms with Crippen molar-refractivity contribution in [2.45, 2.75) is 13.8 Å². The standard InChI is InChI=1S/C22H21N5O2S/c1-15-9-11-17(12-10-15)13-23-26-19(28)14-30-22(26)24-20-16(2)25(3)27(21(20)29)18-7-5-4-6-8-18/h4-13H,14H2,1-3H3/b23-13+,24-22?. The van der Waals surface area contributed by atoms with Crippen LogP contribution in [0.1, 0.15) is 16.8 Å². The number of hydrogen-bond acceptors (Lipinski definition) is 5. The van der Waals surface area contributed by atoms with Crippen LogP contribution in [0.4, 0.5) is 5.69 Å². The molecule has 1 aromatic heterocycles. The molecular weight excluding hydrogens is 398 g/mol. The number of rotatable bonds is 4. The van der Waals surface area contributed by atoms with Crippen molar-refractivity contribution in [3.8, 4) is 5.69 Å². The fourth-order valence-electron chi connectivity index (χ4n) is 3.10. The molecule has 0 atom stereocenters. The van der Waals surface area contributed by atoms with Gasteiger partial charge in [0.15, 0.2) is 10.9 Å². The minimum atomic E-state index is -0.240. The number of nitrogens with zero attached hydrogens (tertiary/aromatic N) is 5. The van der Waals surface area contributed by atoms with Crippen LogP contribution in [0.15, 0.2) is 69.5 Å². The van der Waals surface area contributed by atoms with E-state index in [2.05, 4.69) is 10.1 Å². The second-order valence-corrected chi connectivity index (χ2v) is 7.90. The molecule has 1 amide bonds. The summed E-state index contributed by atoms with van der Waals surface area (Å²) in [6.45, 7) is 3.85. The quantitative estimate of drug-likeness (QED) is 0.609. The van der Waals surface area contributed by atoms with Gasteiger partial charge in [-0.2, -0.15) is 10.1 Å². The molecule has 2 aromatic carbocycles. The van der Waals surface area contributed by atoms with E-state index in [9.17, 15) is 9.59 Å². The van der Waals surface area contributed by atoms with Gasteiger partial charge in [-0.15, -0.1) is 0 Å². The Morgan fingerprint density at radius 1 is 1.00 bits per heavy atom. The molecule has 1 aliphatic heterocycles. The van der Waals surface area contributed by atoms with Crippen LogP contribution in [0.2, 0.25) is 0 Å². The average molecular weight is 420 g/mol. The lowest BCUT2D eigenvalue weighted by atomic mass is 10.2. The van der Waals surface area contributed by atoms with Crippen molar-refractivity contribution >= 4 is 34.7 Å². The number of aliphatic imine (C=N–C) groups is 1. The molecule has 30 heavy (non-hydrogen) atoms. The molecule has 1 saturated heterocycles. The lowest BCUT2D eigenvalue weighted by molar-refractivity contribution is -0.124. The number of amides is 1. The fourth-order valence-corrected chi connectivity index (χ4v) is 3.91. The molecule has 1 aliphatic rings. The van der Waals surface area contributed by atoms with Crippen molar-refractivity contribution in [3.05, 3.63) is 81.8 Å². The maximum absolute atomic E-state index is 13.1. The van der Waals surface area contributed by atoms with Gasteiger partial charge in [-0.1, -0.05) is 59.8 Å². The summed E-state index contributed by atoms with van der Waals surface area (Å²) in [5.74, 6) is 0.0714. The van der Waals surface area contributed by atoms with Crippen molar-refractivity contribution in [1.29, 1.82) is 0 Å². The van der Waals surface area contributed by atoms with Gasteiger partial charge in [0.2, 0.25) is 0 Å². The lowest BCUT2D eigenvalue weighted by Crippen LogP contribution is -2.24. The van der Waals surface area contributed by atoms with Crippen LogP contribution in [0.3, 0.4) is 0 Å². The summed E-state index contributed by atoms with van der Waals surface area (Å²) in [5.41, 5.74) is 3.55. The molecule has 0 aliphatic carbocycles. The monoisotopic (exact) mass is 419 g/mol. The summed E-state index contributed by atoms with van der Waals surface area (Å²) in [5, 5.41) is 5.98. The molecule has 0 radical (unpaired) electrons. The molecule has 0 unspecified atom stereocenters. The first-order chi connectivity index (χ1) is 14.5. The largest absolute Gasteiger partial charge is 0.297 e. The number of carbonyl (C=O) groups excluding carboxylic acids is 1. The van der Waals surface area contributed by atoms with Crippen molar-refractivity contribution < 1.29 is 4.79 Å². The lowest BCUT2D eigenvalue weighted by Gasteiger charge is -2.08. The fraction of sp³-hybridized carbons (Fsp3) is 0.182. The van der Waals surface area contributed by atoms with Gasteiger partial charge < -0.3 is 0 Å². The number of benzene rings is 2. The number of carbonyl (C=O) groups is 1. The summed E-state index contributed by atoms with van der Waals surface area (Å²) in [6, 6.07) is 17.2. The van der Waals surface area contributed by atoms with Gasteiger partial charge in [-0.3, -0.25) is 14.3 Å². The second kappa shape index (κ2) is 8.16. The van der Waals surface area contributed by atoms with Crippen LogP contribution in [-0.2, 0) is 11.8 Å². The molecule has 3 aromatic rings. The van der Waals surface area contributed by atoms with Gasteiger partial charge in [-0.25, -0.2) is 9.67 Å². The molecule has 0 saturated carbocycles. The second-order valence-electron chi connectivity index (χ2n) is 6.95. The highest BCUT2D eigenvalue weighted by molar-refractivity contribution is 8.15. The Balaban J connectivity index is 1.71. The van der Waals surface area contributed by atoms with Crippen molar-refractivity contribution in [3.63, 3.8) is 0 Å². The van der Waals surface area contributed by atoms with Crippen LogP contribution in [0.5, 0.6) is 0 Å². The first kappa shape index (κ1) is 19.9. The Labute approximate surface area is 178 Å². The van der Waals surface area contributed by atoms with Gasteiger partial charge in [0.05, 0.1) is 23.3 Å². The smallest absolute Gasteiger partial charge is 0.283 e. The van der Waals surface area contributed by atoms with Crippen LogP contribution in [0.25, 0.3) is 5.69 Å². The zero-order chi connectivity index (χ0) is 21.3. The molecule has 2 heterocycles. The number of para-hydroxylation sites is 1. The van der Waals surface area contributed by atoms with Crippen LogP contribution in [-0.4, -0.2) is 37.4 Å². The molecular formula is C22H21N5O2S. The van der Waals surface area contributed by atoms with Crippen molar-refractivity contribution in [2.75, 3.05) is 5.75 Å². The van der Waals surface area contributed by atoms with E-state index in [0.717, 1.165) is 16.8 Å². The van der Waals surface area contributed by atoms with Gasteiger partial charge in [-0.05, 0) is 31.5 Å². The first-order valence-corrected chi connectivity index (χ1v) is 10.4. The number of aryl methyl sites for hydroxylation is 1. The van der Waals surface area contributed by atoms with E-state index >= 15 is 0 Å². The molecule has 4 rings (SSSR count). The minimum absolute atomic E-state index is 0.168. The van der Waals surface area contributed by atoms with E-state index in [-0.39, 0.29) is 17.2 Å².